The monoisotopic (exact) mass is 380 g/mol. The molecule has 0 saturated heterocycles. The molecule has 0 amide bonds. The van der Waals surface area contributed by atoms with Crippen LogP contribution in [0, 0.1) is 0 Å². The molecule has 0 spiro atoms. The van der Waals surface area contributed by atoms with Crippen molar-refractivity contribution in [3.63, 3.8) is 0 Å². The highest BCUT2D eigenvalue weighted by atomic mass is 35.5. The van der Waals surface area contributed by atoms with Gasteiger partial charge >= 0.3 is 6.18 Å². The quantitative estimate of drug-likeness (QED) is 0.592. The number of hydrogen-bond acceptors (Lipinski definition) is 1. The van der Waals surface area contributed by atoms with Crippen molar-refractivity contribution < 1.29 is 13.2 Å². The van der Waals surface area contributed by atoms with E-state index in [1.807, 2.05) is 18.2 Å². The Labute approximate surface area is 156 Å². The van der Waals surface area contributed by atoms with Crippen LogP contribution >= 0.6 is 12.4 Å². The van der Waals surface area contributed by atoms with Crippen molar-refractivity contribution in [1.82, 2.24) is 10.3 Å². The fraction of sp³-hybridized carbons (Fsp3) is 0.300. The highest BCUT2D eigenvalue weighted by molar-refractivity contribution is 5.86. The van der Waals surface area contributed by atoms with Crippen LogP contribution in [0.1, 0.15) is 41.3 Å². The normalized spacial score (nSPS) is 17.0. The summed E-state index contributed by atoms with van der Waals surface area (Å²) in [6, 6.07) is 14.3. The number of aromatic nitrogens is 1. The van der Waals surface area contributed by atoms with E-state index in [1.165, 1.54) is 11.6 Å². The number of hydrogen-bond donors (Lipinski definition) is 2. The van der Waals surface area contributed by atoms with Gasteiger partial charge in [-0.2, -0.15) is 13.2 Å². The van der Waals surface area contributed by atoms with Gasteiger partial charge in [0.1, 0.15) is 0 Å². The summed E-state index contributed by atoms with van der Waals surface area (Å²) in [5, 5.41) is 4.25. The van der Waals surface area contributed by atoms with Gasteiger partial charge in [0.2, 0.25) is 0 Å². The smallest absolute Gasteiger partial charge is 0.357 e. The summed E-state index contributed by atoms with van der Waals surface area (Å²) in [4.78, 5) is 3.35. The number of halogens is 4. The van der Waals surface area contributed by atoms with E-state index in [0.717, 1.165) is 48.6 Å². The average molecular weight is 381 g/mol. The number of nitrogens with one attached hydrogen (secondary N) is 2. The van der Waals surface area contributed by atoms with Gasteiger partial charge in [0, 0.05) is 29.2 Å². The topological polar surface area (TPSA) is 27.8 Å². The standard InChI is InChI=1S/C20H19F3N2.ClH/c21-20(22,23)14-9-10-17-16(11-14)15-7-4-8-18(19(15)25-17)24-12-13-5-2-1-3-6-13;/h1-3,5-6,9-11,18,24-25H,4,7-8,12H2;1H. The lowest BCUT2D eigenvalue weighted by atomic mass is 9.91. The summed E-state index contributed by atoms with van der Waals surface area (Å²) in [6.45, 7) is 0.744. The van der Waals surface area contributed by atoms with E-state index in [9.17, 15) is 13.2 Å². The molecule has 1 heterocycles. The van der Waals surface area contributed by atoms with Gasteiger partial charge in [-0.3, -0.25) is 0 Å². The van der Waals surface area contributed by atoms with Crippen LogP contribution in [0.4, 0.5) is 13.2 Å². The molecule has 6 heteroatoms. The van der Waals surface area contributed by atoms with Gasteiger partial charge in [0.15, 0.2) is 0 Å². The number of aromatic amines is 1. The van der Waals surface area contributed by atoms with Crippen molar-refractivity contribution in [2.75, 3.05) is 0 Å². The molecule has 2 nitrogen and oxygen atoms in total. The van der Waals surface area contributed by atoms with E-state index >= 15 is 0 Å². The molecule has 3 aromatic rings. The predicted octanol–water partition coefficient (Wildman–Crippen LogP) is 5.78. The van der Waals surface area contributed by atoms with Crippen molar-refractivity contribution in [2.45, 2.75) is 38.0 Å². The Balaban J connectivity index is 0.00000196. The summed E-state index contributed by atoms with van der Waals surface area (Å²) in [5.74, 6) is 0. The molecule has 0 bridgehead atoms. The molecule has 2 aromatic carbocycles. The molecule has 4 rings (SSSR count). The zero-order chi connectivity index (χ0) is 17.4. The number of benzene rings is 2. The molecular formula is C20H20ClF3N2. The lowest BCUT2D eigenvalue weighted by Gasteiger charge is -2.24. The van der Waals surface area contributed by atoms with E-state index in [2.05, 4.69) is 22.4 Å². The maximum atomic E-state index is 13.0. The first kappa shape index (κ1) is 18.8. The highest BCUT2D eigenvalue weighted by Gasteiger charge is 2.32. The summed E-state index contributed by atoms with van der Waals surface area (Å²) < 4.78 is 39.1. The van der Waals surface area contributed by atoms with Crippen LogP contribution in [0.15, 0.2) is 48.5 Å². The van der Waals surface area contributed by atoms with Crippen molar-refractivity contribution in [3.05, 3.63) is 70.9 Å². The van der Waals surface area contributed by atoms with E-state index in [1.54, 1.807) is 6.07 Å². The second kappa shape index (κ2) is 7.33. The molecule has 1 unspecified atom stereocenters. The molecule has 0 saturated carbocycles. The van der Waals surface area contributed by atoms with Crippen molar-refractivity contribution in [3.8, 4) is 0 Å². The van der Waals surface area contributed by atoms with Gasteiger partial charge in [-0.25, -0.2) is 0 Å². The van der Waals surface area contributed by atoms with Crippen LogP contribution in [0.5, 0.6) is 0 Å². The van der Waals surface area contributed by atoms with Crippen LogP contribution in [0.3, 0.4) is 0 Å². The third-order valence-electron chi connectivity index (χ3n) is 4.93. The van der Waals surface area contributed by atoms with E-state index in [4.69, 9.17) is 0 Å². The second-order valence-corrected chi connectivity index (χ2v) is 6.59. The van der Waals surface area contributed by atoms with Crippen molar-refractivity contribution in [1.29, 1.82) is 0 Å². The second-order valence-electron chi connectivity index (χ2n) is 6.59. The first-order chi connectivity index (χ1) is 12.0. The number of H-pyrrole nitrogens is 1. The molecule has 0 fully saturated rings. The van der Waals surface area contributed by atoms with E-state index < -0.39 is 11.7 Å². The van der Waals surface area contributed by atoms with E-state index in [0.29, 0.717) is 5.39 Å². The molecule has 1 aromatic heterocycles. The van der Waals surface area contributed by atoms with Crippen molar-refractivity contribution in [2.24, 2.45) is 0 Å². The lowest BCUT2D eigenvalue weighted by molar-refractivity contribution is -0.137. The van der Waals surface area contributed by atoms with Crippen LogP contribution in [-0.4, -0.2) is 4.98 Å². The van der Waals surface area contributed by atoms with Crippen LogP contribution < -0.4 is 5.32 Å². The van der Waals surface area contributed by atoms with Crippen molar-refractivity contribution >= 4 is 23.3 Å². The van der Waals surface area contributed by atoms with Gasteiger partial charge in [-0.05, 0) is 48.6 Å². The van der Waals surface area contributed by atoms with Crippen LogP contribution in [-0.2, 0) is 19.1 Å². The fourth-order valence-electron chi connectivity index (χ4n) is 3.68. The van der Waals surface area contributed by atoms with Gasteiger partial charge in [0.25, 0.3) is 0 Å². The highest BCUT2D eigenvalue weighted by Crippen LogP contribution is 2.38. The summed E-state index contributed by atoms with van der Waals surface area (Å²) in [5.41, 5.74) is 3.46. The predicted molar refractivity (Wildman–Crippen MR) is 99.5 cm³/mol. The van der Waals surface area contributed by atoms with E-state index in [-0.39, 0.29) is 18.4 Å². The Morgan fingerprint density at radius 3 is 2.58 bits per heavy atom. The Hall–Kier alpha value is -1.98. The zero-order valence-corrected chi connectivity index (χ0v) is 14.9. The average Bonchev–Trinajstić information content (AvgIpc) is 2.98. The first-order valence-electron chi connectivity index (χ1n) is 8.51. The fourth-order valence-corrected chi connectivity index (χ4v) is 3.68. The minimum atomic E-state index is -4.31. The largest absolute Gasteiger partial charge is 0.416 e. The van der Waals surface area contributed by atoms with Gasteiger partial charge in [-0.1, -0.05) is 30.3 Å². The number of fused-ring (bicyclic) bond motifs is 3. The van der Waals surface area contributed by atoms with Gasteiger partial charge in [-0.15, -0.1) is 12.4 Å². The molecule has 0 radical (unpaired) electrons. The third-order valence-corrected chi connectivity index (χ3v) is 4.93. The third kappa shape index (κ3) is 3.60. The minimum Gasteiger partial charge on any atom is -0.357 e. The maximum Gasteiger partial charge on any atom is 0.416 e. The Morgan fingerprint density at radius 2 is 1.85 bits per heavy atom. The molecule has 138 valence electrons. The van der Waals surface area contributed by atoms with Gasteiger partial charge < -0.3 is 10.3 Å². The number of rotatable bonds is 3. The maximum absolute atomic E-state index is 13.0. The lowest BCUT2D eigenvalue weighted by Crippen LogP contribution is -2.24. The summed E-state index contributed by atoms with van der Waals surface area (Å²) in [6.07, 6.45) is -1.53. The Morgan fingerprint density at radius 1 is 1.08 bits per heavy atom. The summed E-state index contributed by atoms with van der Waals surface area (Å²) >= 11 is 0. The SMILES string of the molecule is Cl.FC(F)(F)c1ccc2[nH]c3c(c2c1)CCCC3NCc1ccccc1. The first-order valence-corrected chi connectivity index (χ1v) is 8.51. The Kier molecular flexibility index (Phi) is 5.30. The molecule has 1 aliphatic carbocycles. The molecule has 2 N–H and O–H groups in total. The molecule has 1 aliphatic rings. The van der Waals surface area contributed by atoms with Crippen LogP contribution in [0.2, 0.25) is 0 Å². The molecule has 0 aliphatic heterocycles. The molecule has 1 atom stereocenters. The number of aryl methyl sites for hydroxylation is 1. The molecule has 26 heavy (non-hydrogen) atoms. The minimum absolute atomic E-state index is 0. The Bertz CT molecular complexity index is 887. The van der Waals surface area contributed by atoms with Gasteiger partial charge in [0.05, 0.1) is 5.56 Å². The summed E-state index contributed by atoms with van der Waals surface area (Å²) in [7, 11) is 0. The van der Waals surface area contributed by atoms with Crippen LogP contribution in [0.25, 0.3) is 10.9 Å². The molecular weight excluding hydrogens is 361 g/mol. The zero-order valence-electron chi connectivity index (χ0n) is 14.1. The number of alkyl halides is 3.